The molecule has 0 amide bonds. The number of ether oxygens (including phenoxy) is 1. The van der Waals surface area contributed by atoms with Gasteiger partial charge < -0.3 is 4.74 Å². The van der Waals surface area contributed by atoms with Crippen molar-refractivity contribution >= 4 is 17.1 Å². The maximum Gasteiger partial charge on any atom is 0.341 e. The van der Waals surface area contributed by atoms with Crippen LogP contribution in [-0.2, 0) is 25.6 Å². The van der Waals surface area contributed by atoms with Gasteiger partial charge in [0.15, 0.2) is 17.9 Å². The van der Waals surface area contributed by atoms with Crippen molar-refractivity contribution < 1.29 is 9.53 Å². The van der Waals surface area contributed by atoms with E-state index in [0.29, 0.717) is 5.56 Å². The van der Waals surface area contributed by atoms with Gasteiger partial charge in [-0.15, -0.1) is 0 Å². The Morgan fingerprint density at radius 3 is 2.74 bits per heavy atom. The van der Waals surface area contributed by atoms with E-state index < -0.39 is 17.2 Å². The first-order valence-corrected chi connectivity index (χ1v) is 6.68. The molecule has 3 rings (SSSR count). The van der Waals surface area contributed by atoms with Crippen molar-refractivity contribution in [1.29, 1.82) is 0 Å². The number of fused-ring (bicyclic) bond motifs is 1. The minimum absolute atomic E-state index is 0.189. The Hall–Kier alpha value is -3.23. The molecule has 0 aliphatic carbocycles. The fraction of sp³-hybridized carbons (Fsp3) is 0.214. The zero-order valence-corrected chi connectivity index (χ0v) is 12.5. The van der Waals surface area contributed by atoms with Gasteiger partial charge in [0.25, 0.3) is 5.56 Å². The number of aromatic nitrogens is 5. The van der Waals surface area contributed by atoms with Gasteiger partial charge in [0, 0.05) is 26.5 Å². The Bertz CT molecular complexity index is 1000. The van der Waals surface area contributed by atoms with Gasteiger partial charge in [-0.05, 0) is 12.1 Å². The largest absolute Gasteiger partial charge is 0.440 e. The van der Waals surface area contributed by atoms with Crippen LogP contribution >= 0.6 is 0 Å². The number of hydrogen-bond acceptors (Lipinski definition) is 6. The predicted octanol–water partition coefficient (Wildman–Crippen LogP) is -0.357. The highest BCUT2D eigenvalue weighted by Gasteiger charge is 2.15. The highest BCUT2D eigenvalue weighted by Crippen LogP contribution is 2.07. The quantitative estimate of drug-likeness (QED) is 0.612. The van der Waals surface area contributed by atoms with E-state index >= 15 is 0 Å². The van der Waals surface area contributed by atoms with Crippen LogP contribution < -0.4 is 11.2 Å². The summed E-state index contributed by atoms with van der Waals surface area (Å²) in [6, 6.07) is 3.19. The van der Waals surface area contributed by atoms with Crippen molar-refractivity contribution in [1.82, 2.24) is 23.7 Å². The second-order valence-corrected chi connectivity index (χ2v) is 4.89. The van der Waals surface area contributed by atoms with Crippen molar-refractivity contribution in [2.45, 2.75) is 6.73 Å². The maximum absolute atomic E-state index is 12.2. The molecule has 0 radical (unpaired) electrons. The molecule has 3 heterocycles. The van der Waals surface area contributed by atoms with Crippen LogP contribution in [0.25, 0.3) is 11.2 Å². The molecule has 0 fully saturated rings. The molecule has 0 saturated heterocycles. The predicted molar refractivity (Wildman–Crippen MR) is 79.9 cm³/mol. The van der Waals surface area contributed by atoms with Gasteiger partial charge >= 0.3 is 11.7 Å². The molecule has 0 aliphatic heterocycles. The second-order valence-electron chi connectivity index (χ2n) is 4.89. The van der Waals surface area contributed by atoms with Crippen LogP contribution in [0.2, 0.25) is 0 Å². The molecule has 3 aromatic heterocycles. The molecule has 0 saturated carbocycles. The molecule has 0 unspecified atom stereocenters. The van der Waals surface area contributed by atoms with Crippen molar-refractivity contribution in [3.8, 4) is 0 Å². The van der Waals surface area contributed by atoms with Crippen molar-refractivity contribution in [2.24, 2.45) is 14.1 Å². The van der Waals surface area contributed by atoms with Gasteiger partial charge in [-0.3, -0.25) is 23.5 Å². The first-order valence-electron chi connectivity index (χ1n) is 6.68. The summed E-state index contributed by atoms with van der Waals surface area (Å²) in [5.41, 5.74) is -0.250. The third kappa shape index (κ3) is 2.41. The summed E-state index contributed by atoms with van der Waals surface area (Å²) in [5.74, 6) is -0.568. The molecule has 23 heavy (non-hydrogen) atoms. The third-order valence-corrected chi connectivity index (χ3v) is 3.45. The fourth-order valence-corrected chi connectivity index (χ4v) is 2.19. The molecule has 0 aliphatic rings. The van der Waals surface area contributed by atoms with Crippen LogP contribution in [0.3, 0.4) is 0 Å². The minimum atomic E-state index is -0.568. The van der Waals surface area contributed by atoms with E-state index in [1.807, 2.05) is 0 Å². The molecule has 0 atom stereocenters. The van der Waals surface area contributed by atoms with E-state index in [4.69, 9.17) is 4.74 Å². The van der Waals surface area contributed by atoms with Crippen LogP contribution in [0.4, 0.5) is 0 Å². The topological polar surface area (TPSA) is 101 Å². The zero-order valence-electron chi connectivity index (χ0n) is 12.5. The van der Waals surface area contributed by atoms with Gasteiger partial charge in [0.05, 0.1) is 5.56 Å². The smallest absolute Gasteiger partial charge is 0.341 e. The van der Waals surface area contributed by atoms with E-state index in [0.717, 1.165) is 4.57 Å². The number of carbonyl (C=O) groups is 1. The number of pyridine rings is 1. The lowest BCUT2D eigenvalue weighted by atomic mass is 10.3. The number of hydrogen-bond donors (Lipinski definition) is 0. The van der Waals surface area contributed by atoms with E-state index in [1.54, 1.807) is 18.3 Å². The normalized spacial score (nSPS) is 10.9. The second kappa shape index (κ2) is 5.52. The van der Waals surface area contributed by atoms with Crippen LogP contribution in [0.15, 0.2) is 40.4 Å². The first kappa shape index (κ1) is 14.7. The number of nitrogens with zero attached hydrogens (tertiary/aromatic N) is 5. The Morgan fingerprint density at radius 1 is 1.26 bits per heavy atom. The summed E-state index contributed by atoms with van der Waals surface area (Å²) < 4.78 is 8.77. The highest BCUT2D eigenvalue weighted by atomic mass is 16.5. The average Bonchev–Trinajstić information content (AvgIpc) is 3.00. The fourth-order valence-electron chi connectivity index (χ4n) is 2.19. The van der Waals surface area contributed by atoms with Crippen molar-refractivity contribution in [3.05, 3.63) is 57.3 Å². The van der Waals surface area contributed by atoms with Crippen LogP contribution in [-0.4, -0.2) is 29.6 Å². The number of esters is 1. The molecular formula is C14H13N5O4. The summed E-state index contributed by atoms with van der Waals surface area (Å²) in [4.78, 5) is 43.9. The first-order chi connectivity index (χ1) is 11.0. The van der Waals surface area contributed by atoms with Gasteiger partial charge in [0.2, 0.25) is 0 Å². The molecule has 9 nitrogen and oxygen atoms in total. The van der Waals surface area contributed by atoms with Gasteiger partial charge in [-0.25, -0.2) is 14.6 Å². The molecule has 9 heteroatoms. The lowest BCUT2D eigenvalue weighted by Gasteiger charge is -2.07. The molecule has 118 valence electrons. The lowest BCUT2D eigenvalue weighted by molar-refractivity contribution is 0.0378. The van der Waals surface area contributed by atoms with Crippen LogP contribution in [0.1, 0.15) is 10.4 Å². The van der Waals surface area contributed by atoms with E-state index in [9.17, 15) is 14.4 Å². The van der Waals surface area contributed by atoms with E-state index in [-0.39, 0.29) is 17.9 Å². The Morgan fingerprint density at radius 2 is 2.04 bits per heavy atom. The third-order valence-electron chi connectivity index (χ3n) is 3.45. The summed E-state index contributed by atoms with van der Waals surface area (Å²) >= 11 is 0. The molecular weight excluding hydrogens is 302 g/mol. The Balaban J connectivity index is 1.95. The Labute approximate surface area is 129 Å². The summed E-state index contributed by atoms with van der Waals surface area (Å²) in [6.07, 6.45) is 4.28. The van der Waals surface area contributed by atoms with E-state index in [2.05, 4.69) is 9.97 Å². The molecule has 0 N–H and O–H groups in total. The SMILES string of the molecule is Cn1c(=O)c2c(ncn2COC(=O)c2cccnc2)n(C)c1=O. The van der Waals surface area contributed by atoms with Crippen LogP contribution in [0, 0.1) is 0 Å². The lowest BCUT2D eigenvalue weighted by Crippen LogP contribution is -2.37. The number of aryl methyl sites for hydroxylation is 1. The summed E-state index contributed by atoms with van der Waals surface area (Å²) in [6.45, 7) is -0.197. The maximum atomic E-state index is 12.2. The minimum Gasteiger partial charge on any atom is -0.440 e. The van der Waals surface area contributed by atoms with Gasteiger partial charge in [0.1, 0.15) is 6.33 Å². The standard InChI is InChI=1S/C14H13N5O4/c1-17-11-10(12(20)18(2)14(17)22)19(7-16-11)8-23-13(21)9-4-3-5-15-6-9/h3-7H,8H2,1-2H3. The summed E-state index contributed by atoms with van der Waals surface area (Å²) in [5, 5.41) is 0. The van der Waals surface area contributed by atoms with Crippen molar-refractivity contribution in [3.63, 3.8) is 0 Å². The summed E-state index contributed by atoms with van der Waals surface area (Å²) in [7, 11) is 2.90. The molecule has 0 spiro atoms. The average molecular weight is 315 g/mol. The molecule has 0 aromatic carbocycles. The van der Waals surface area contributed by atoms with Crippen LogP contribution in [0.5, 0.6) is 0 Å². The van der Waals surface area contributed by atoms with Gasteiger partial charge in [-0.1, -0.05) is 0 Å². The monoisotopic (exact) mass is 315 g/mol. The number of rotatable bonds is 3. The molecule has 0 bridgehead atoms. The molecule has 3 aromatic rings. The van der Waals surface area contributed by atoms with Gasteiger partial charge in [-0.2, -0.15) is 0 Å². The zero-order chi connectivity index (χ0) is 16.6. The Kier molecular flexibility index (Phi) is 3.53. The number of imidazole rings is 1. The van der Waals surface area contributed by atoms with Crippen molar-refractivity contribution in [2.75, 3.05) is 0 Å². The van der Waals surface area contributed by atoms with E-state index in [1.165, 1.54) is 35.8 Å². The number of carbonyl (C=O) groups excluding carboxylic acids is 1. The highest BCUT2D eigenvalue weighted by molar-refractivity contribution is 5.88.